The monoisotopic (exact) mass is 421 g/mol. The normalized spacial score (nSPS) is 11.6. The summed E-state index contributed by atoms with van der Waals surface area (Å²) in [6.45, 7) is 4.41. The van der Waals surface area contributed by atoms with Crippen LogP contribution in [0.1, 0.15) is 17.1 Å². The third-order valence-corrected chi connectivity index (χ3v) is 6.68. The number of fused-ring (bicyclic) bond motifs is 1. The van der Waals surface area contributed by atoms with E-state index in [0.29, 0.717) is 23.7 Å². The van der Waals surface area contributed by atoms with Crippen LogP contribution in [-0.2, 0) is 16.6 Å². The molecule has 0 amide bonds. The number of hydrogen-bond donors (Lipinski definition) is 1. The third kappa shape index (κ3) is 3.86. The predicted octanol–water partition coefficient (Wildman–Crippen LogP) is 3.78. The van der Waals surface area contributed by atoms with E-state index in [-0.39, 0.29) is 4.90 Å². The molecule has 8 heteroatoms. The Labute approximate surface area is 176 Å². The maximum atomic E-state index is 13.0. The van der Waals surface area contributed by atoms with Gasteiger partial charge in [-0.3, -0.25) is 8.71 Å². The molecule has 0 aliphatic rings. The molecule has 0 aliphatic heterocycles. The summed E-state index contributed by atoms with van der Waals surface area (Å²) in [5.74, 6) is 0.658. The Kier molecular flexibility index (Phi) is 5.17. The molecule has 154 valence electrons. The van der Waals surface area contributed by atoms with Gasteiger partial charge in [0, 0.05) is 30.3 Å². The summed E-state index contributed by atoms with van der Waals surface area (Å²) in [6.07, 6.45) is 1.94. The van der Waals surface area contributed by atoms with Crippen molar-refractivity contribution in [2.45, 2.75) is 25.3 Å². The number of hydrogen-bond acceptors (Lipinski definition) is 5. The van der Waals surface area contributed by atoms with Gasteiger partial charge < -0.3 is 5.32 Å². The average molecular weight is 422 g/mol. The topological polar surface area (TPSA) is 79.6 Å². The van der Waals surface area contributed by atoms with E-state index in [1.165, 1.54) is 4.31 Å². The number of benzene rings is 2. The lowest BCUT2D eigenvalue weighted by Gasteiger charge is -2.20. The lowest BCUT2D eigenvalue weighted by Crippen LogP contribution is -2.26. The number of anilines is 2. The molecule has 0 spiro atoms. The van der Waals surface area contributed by atoms with Crippen molar-refractivity contribution in [3.63, 3.8) is 0 Å². The highest BCUT2D eigenvalue weighted by atomic mass is 32.2. The molecule has 0 fully saturated rings. The van der Waals surface area contributed by atoms with Gasteiger partial charge in [0.05, 0.1) is 22.8 Å². The molecule has 0 saturated heterocycles. The van der Waals surface area contributed by atoms with Gasteiger partial charge in [-0.15, -0.1) is 0 Å². The number of para-hydroxylation sites is 1. The summed E-state index contributed by atoms with van der Waals surface area (Å²) >= 11 is 0. The van der Waals surface area contributed by atoms with Gasteiger partial charge in [0.1, 0.15) is 0 Å². The lowest BCUT2D eigenvalue weighted by atomic mass is 10.3. The fraction of sp³-hybridized carbons (Fsp3) is 0.182. The van der Waals surface area contributed by atoms with E-state index in [2.05, 4.69) is 15.3 Å². The molecular weight excluding hydrogens is 398 g/mol. The molecule has 7 nitrogen and oxygen atoms in total. The standard InChI is InChI=1S/C22H23N5O2S/c1-16-12-17(2)27-15-19(25-22(27)24-16)14-23-18-8-7-11-21(13-18)30(28,29)26(3)20-9-5-4-6-10-20/h4-13,15,23H,14H2,1-3H3. The number of sulfonamides is 1. The van der Waals surface area contributed by atoms with E-state index in [0.717, 1.165) is 17.1 Å². The summed E-state index contributed by atoms with van der Waals surface area (Å²) in [7, 11) is -2.11. The Bertz CT molecular complexity index is 1300. The number of nitrogens with zero attached hydrogens (tertiary/aromatic N) is 4. The minimum atomic E-state index is -3.66. The molecule has 0 atom stereocenters. The van der Waals surface area contributed by atoms with Crippen molar-refractivity contribution >= 4 is 27.2 Å². The maximum Gasteiger partial charge on any atom is 0.264 e. The average Bonchev–Trinajstić information content (AvgIpc) is 3.16. The summed E-state index contributed by atoms with van der Waals surface area (Å²) in [4.78, 5) is 9.22. The zero-order valence-corrected chi connectivity index (χ0v) is 17.9. The molecule has 30 heavy (non-hydrogen) atoms. The Balaban J connectivity index is 1.54. The minimum absolute atomic E-state index is 0.224. The van der Waals surface area contributed by atoms with Crippen LogP contribution in [0.5, 0.6) is 0 Å². The number of rotatable bonds is 6. The SMILES string of the molecule is Cc1cc(C)n2cc(CNc3cccc(S(=O)(=O)N(C)c4ccccc4)c3)nc2n1. The predicted molar refractivity (Wildman–Crippen MR) is 118 cm³/mol. The highest BCUT2D eigenvalue weighted by Gasteiger charge is 2.21. The zero-order valence-electron chi connectivity index (χ0n) is 17.1. The van der Waals surface area contributed by atoms with Crippen LogP contribution >= 0.6 is 0 Å². The van der Waals surface area contributed by atoms with E-state index in [1.54, 1.807) is 37.4 Å². The van der Waals surface area contributed by atoms with Crippen LogP contribution in [0.3, 0.4) is 0 Å². The number of aromatic nitrogens is 3. The summed E-state index contributed by atoms with van der Waals surface area (Å²) in [5.41, 5.74) is 4.12. The van der Waals surface area contributed by atoms with E-state index in [1.807, 2.05) is 54.8 Å². The fourth-order valence-corrected chi connectivity index (χ4v) is 4.54. The van der Waals surface area contributed by atoms with Crippen LogP contribution < -0.4 is 9.62 Å². The van der Waals surface area contributed by atoms with Gasteiger partial charge in [0.15, 0.2) is 0 Å². The Morgan fingerprint density at radius 3 is 2.53 bits per heavy atom. The zero-order chi connectivity index (χ0) is 21.3. The number of nitrogens with one attached hydrogen (secondary N) is 1. The van der Waals surface area contributed by atoms with E-state index >= 15 is 0 Å². The number of aryl methyl sites for hydroxylation is 2. The molecule has 4 aromatic rings. The molecule has 0 aliphatic carbocycles. The van der Waals surface area contributed by atoms with Crippen LogP contribution in [0.15, 0.2) is 71.8 Å². The lowest BCUT2D eigenvalue weighted by molar-refractivity contribution is 0.594. The van der Waals surface area contributed by atoms with Gasteiger partial charge in [-0.1, -0.05) is 24.3 Å². The molecule has 0 unspecified atom stereocenters. The summed E-state index contributed by atoms with van der Waals surface area (Å²) in [5, 5.41) is 3.26. The Morgan fingerprint density at radius 1 is 1.00 bits per heavy atom. The molecule has 4 rings (SSSR count). The van der Waals surface area contributed by atoms with Crippen molar-refractivity contribution in [2.75, 3.05) is 16.7 Å². The van der Waals surface area contributed by atoms with Crippen molar-refractivity contribution in [1.82, 2.24) is 14.4 Å². The number of imidazole rings is 1. The molecule has 2 heterocycles. The van der Waals surface area contributed by atoms with Gasteiger partial charge in [-0.2, -0.15) is 0 Å². The van der Waals surface area contributed by atoms with E-state index < -0.39 is 10.0 Å². The smallest absolute Gasteiger partial charge is 0.264 e. The highest BCUT2D eigenvalue weighted by Crippen LogP contribution is 2.24. The van der Waals surface area contributed by atoms with Crippen molar-refractivity contribution < 1.29 is 8.42 Å². The second-order valence-electron chi connectivity index (χ2n) is 7.13. The van der Waals surface area contributed by atoms with Gasteiger partial charge in [-0.25, -0.2) is 18.4 Å². The van der Waals surface area contributed by atoms with Crippen molar-refractivity contribution in [3.8, 4) is 0 Å². The van der Waals surface area contributed by atoms with Crippen LogP contribution in [0.2, 0.25) is 0 Å². The van der Waals surface area contributed by atoms with E-state index in [4.69, 9.17) is 0 Å². The Morgan fingerprint density at radius 2 is 1.77 bits per heavy atom. The molecular formula is C22H23N5O2S. The van der Waals surface area contributed by atoms with Crippen molar-refractivity contribution in [2.24, 2.45) is 0 Å². The largest absolute Gasteiger partial charge is 0.379 e. The first-order valence-electron chi connectivity index (χ1n) is 9.55. The summed E-state index contributed by atoms with van der Waals surface area (Å²) in [6, 6.07) is 17.8. The molecule has 0 saturated carbocycles. The van der Waals surface area contributed by atoms with Gasteiger partial charge in [0.25, 0.3) is 10.0 Å². The van der Waals surface area contributed by atoms with Crippen molar-refractivity contribution in [3.05, 3.63) is 83.9 Å². The molecule has 2 aromatic carbocycles. The van der Waals surface area contributed by atoms with E-state index in [9.17, 15) is 8.42 Å². The maximum absolute atomic E-state index is 13.0. The molecule has 2 aromatic heterocycles. The van der Waals surface area contributed by atoms with Crippen LogP contribution in [-0.4, -0.2) is 29.8 Å². The first kappa shape index (κ1) is 19.9. The van der Waals surface area contributed by atoms with Gasteiger partial charge in [0.2, 0.25) is 5.78 Å². The van der Waals surface area contributed by atoms with Crippen LogP contribution in [0, 0.1) is 13.8 Å². The van der Waals surface area contributed by atoms with Gasteiger partial charge in [-0.05, 0) is 50.2 Å². The first-order chi connectivity index (χ1) is 14.3. The third-order valence-electron chi connectivity index (χ3n) is 4.90. The molecule has 0 radical (unpaired) electrons. The quantitative estimate of drug-likeness (QED) is 0.512. The molecule has 0 bridgehead atoms. The van der Waals surface area contributed by atoms with Crippen LogP contribution in [0.4, 0.5) is 11.4 Å². The second kappa shape index (κ2) is 7.79. The van der Waals surface area contributed by atoms with Crippen molar-refractivity contribution in [1.29, 1.82) is 0 Å². The first-order valence-corrected chi connectivity index (χ1v) is 11.0. The second-order valence-corrected chi connectivity index (χ2v) is 9.10. The fourth-order valence-electron chi connectivity index (χ4n) is 3.30. The summed E-state index contributed by atoms with van der Waals surface area (Å²) < 4.78 is 29.3. The molecule has 1 N–H and O–H groups in total. The minimum Gasteiger partial charge on any atom is -0.379 e. The van der Waals surface area contributed by atoms with Crippen LogP contribution in [0.25, 0.3) is 5.78 Å². The Hall–Kier alpha value is -3.39. The van der Waals surface area contributed by atoms with Gasteiger partial charge >= 0.3 is 0 Å². The highest BCUT2D eigenvalue weighted by molar-refractivity contribution is 7.92.